The summed E-state index contributed by atoms with van der Waals surface area (Å²) in [5, 5.41) is 2.17. The molecule has 0 saturated heterocycles. The number of ether oxygens (including phenoxy) is 1. The van der Waals surface area contributed by atoms with Crippen LogP contribution in [0.25, 0.3) is 0 Å². The van der Waals surface area contributed by atoms with Crippen molar-refractivity contribution in [2.75, 3.05) is 29.0 Å². The van der Waals surface area contributed by atoms with Crippen molar-refractivity contribution < 1.29 is 31.1 Å². The third-order valence-electron chi connectivity index (χ3n) is 4.94. The molecule has 0 saturated carbocycles. The number of benzene rings is 3. The first-order valence-corrected chi connectivity index (χ1v) is 13.6. The maximum atomic E-state index is 13.5. The lowest BCUT2D eigenvalue weighted by Gasteiger charge is -2.24. The standard InChI is InChI=1S/C24H22ClF3N2O4S2/c1-3-34-18-7-5-17(6-8-18)30(36(32,33)20-11-9-19(35-2)10-12-20)15-23(31)29-22-14-16(24(26,27)28)4-13-21(22)25/h4-14H,3,15H2,1-2H3,(H,29,31). The van der Waals surface area contributed by atoms with Crippen LogP contribution >= 0.6 is 23.4 Å². The number of amides is 1. The van der Waals surface area contributed by atoms with Gasteiger partial charge >= 0.3 is 6.18 Å². The summed E-state index contributed by atoms with van der Waals surface area (Å²) in [7, 11) is -4.22. The molecule has 3 aromatic rings. The van der Waals surface area contributed by atoms with Crippen LogP contribution in [0.2, 0.25) is 5.02 Å². The van der Waals surface area contributed by atoms with E-state index in [4.69, 9.17) is 16.3 Å². The lowest BCUT2D eigenvalue weighted by Crippen LogP contribution is -2.38. The van der Waals surface area contributed by atoms with Crippen LogP contribution in [-0.4, -0.2) is 33.7 Å². The average molecular weight is 559 g/mol. The van der Waals surface area contributed by atoms with Gasteiger partial charge in [-0.25, -0.2) is 8.42 Å². The van der Waals surface area contributed by atoms with Crippen molar-refractivity contribution >= 4 is 50.7 Å². The molecule has 6 nitrogen and oxygen atoms in total. The largest absolute Gasteiger partial charge is 0.494 e. The highest BCUT2D eigenvalue weighted by atomic mass is 35.5. The van der Waals surface area contributed by atoms with Crippen molar-refractivity contribution in [1.29, 1.82) is 0 Å². The van der Waals surface area contributed by atoms with Crippen LogP contribution in [0.3, 0.4) is 0 Å². The first-order chi connectivity index (χ1) is 17.0. The molecule has 0 aliphatic heterocycles. The minimum Gasteiger partial charge on any atom is -0.494 e. The predicted octanol–water partition coefficient (Wildman–Crippen LogP) is 6.31. The fourth-order valence-electron chi connectivity index (χ4n) is 3.18. The molecule has 192 valence electrons. The van der Waals surface area contributed by atoms with Crippen LogP contribution in [0.4, 0.5) is 24.5 Å². The van der Waals surface area contributed by atoms with Crippen molar-refractivity contribution in [2.24, 2.45) is 0 Å². The zero-order chi connectivity index (χ0) is 26.5. The molecule has 0 atom stereocenters. The minimum absolute atomic E-state index is 0.0564. The molecule has 0 aromatic heterocycles. The maximum absolute atomic E-state index is 13.5. The first-order valence-electron chi connectivity index (χ1n) is 10.5. The Morgan fingerprint density at radius 2 is 1.69 bits per heavy atom. The van der Waals surface area contributed by atoms with Gasteiger partial charge in [-0.05, 0) is 79.9 Å². The third-order valence-corrected chi connectivity index (χ3v) is 7.80. The molecule has 12 heteroatoms. The summed E-state index contributed by atoms with van der Waals surface area (Å²) in [6, 6.07) is 14.7. The van der Waals surface area contributed by atoms with Crippen LogP contribution in [0, 0.1) is 0 Å². The molecular weight excluding hydrogens is 537 g/mol. The van der Waals surface area contributed by atoms with Gasteiger partial charge < -0.3 is 10.1 Å². The highest BCUT2D eigenvalue weighted by molar-refractivity contribution is 7.98. The number of anilines is 2. The number of carbonyl (C=O) groups excluding carboxylic acids is 1. The molecule has 0 aliphatic carbocycles. The lowest BCUT2D eigenvalue weighted by atomic mass is 10.2. The van der Waals surface area contributed by atoms with Crippen molar-refractivity contribution in [3.8, 4) is 5.75 Å². The maximum Gasteiger partial charge on any atom is 0.416 e. The van der Waals surface area contributed by atoms with Crippen molar-refractivity contribution in [2.45, 2.75) is 22.9 Å². The highest BCUT2D eigenvalue weighted by Gasteiger charge is 2.32. The Morgan fingerprint density at radius 3 is 2.25 bits per heavy atom. The average Bonchev–Trinajstić information content (AvgIpc) is 2.84. The molecule has 0 aliphatic rings. The van der Waals surface area contributed by atoms with Gasteiger partial charge in [-0.2, -0.15) is 13.2 Å². The zero-order valence-electron chi connectivity index (χ0n) is 19.2. The van der Waals surface area contributed by atoms with Crippen LogP contribution in [-0.2, 0) is 21.0 Å². The Kier molecular flexibility index (Phi) is 8.80. The number of hydrogen-bond acceptors (Lipinski definition) is 5. The van der Waals surface area contributed by atoms with Gasteiger partial charge in [0.05, 0.1) is 33.5 Å². The van der Waals surface area contributed by atoms with Gasteiger partial charge in [-0.3, -0.25) is 9.10 Å². The number of nitrogens with zero attached hydrogens (tertiary/aromatic N) is 1. The van der Waals surface area contributed by atoms with Crippen molar-refractivity contribution in [3.63, 3.8) is 0 Å². The summed E-state index contributed by atoms with van der Waals surface area (Å²) in [5.74, 6) is -0.377. The molecule has 0 bridgehead atoms. The van der Waals surface area contributed by atoms with E-state index in [2.05, 4.69) is 5.32 Å². The number of hydrogen-bond donors (Lipinski definition) is 1. The quantitative estimate of drug-likeness (QED) is 0.311. The summed E-state index contributed by atoms with van der Waals surface area (Å²) < 4.78 is 72.6. The summed E-state index contributed by atoms with van der Waals surface area (Å²) >= 11 is 7.41. The van der Waals surface area contributed by atoms with Gasteiger partial charge in [0, 0.05) is 4.90 Å². The van der Waals surface area contributed by atoms with E-state index in [9.17, 15) is 26.4 Å². The number of thioether (sulfide) groups is 1. The van der Waals surface area contributed by atoms with E-state index in [1.165, 1.54) is 36.0 Å². The number of carbonyl (C=O) groups is 1. The summed E-state index contributed by atoms with van der Waals surface area (Å²) in [4.78, 5) is 13.7. The van der Waals surface area contributed by atoms with Gasteiger partial charge in [0.2, 0.25) is 5.91 Å². The van der Waals surface area contributed by atoms with E-state index in [1.807, 2.05) is 6.26 Å². The molecular formula is C24H22ClF3N2O4S2. The SMILES string of the molecule is CCOc1ccc(N(CC(=O)Nc2cc(C(F)(F)F)ccc2Cl)S(=O)(=O)c2ccc(SC)cc2)cc1. The van der Waals surface area contributed by atoms with Crippen LogP contribution in [0.15, 0.2) is 76.5 Å². The topological polar surface area (TPSA) is 75.7 Å². The van der Waals surface area contributed by atoms with Crippen molar-refractivity contribution in [1.82, 2.24) is 0 Å². The zero-order valence-corrected chi connectivity index (χ0v) is 21.6. The summed E-state index contributed by atoms with van der Waals surface area (Å²) in [6.45, 7) is 1.49. The Morgan fingerprint density at radius 1 is 1.06 bits per heavy atom. The second-order valence-corrected chi connectivity index (χ2v) is 10.5. The molecule has 36 heavy (non-hydrogen) atoms. The Hall–Kier alpha value is -2.89. The highest BCUT2D eigenvalue weighted by Crippen LogP contribution is 2.34. The molecule has 0 unspecified atom stereocenters. The molecule has 1 N–H and O–H groups in total. The molecule has 0 heterocycles. The van der Waals surface area contributed by atoms with Crippen molar-refractivity contribution in [3.05, 3.63) is 77.3 Å². The molecule has 3 aromatic carbocycles. The fourth-order valence-corrected chi connectivity index (χ4v) is 5.18. The number of sulfonamides is 1. The molecule has 0 radical (unpaired) electrons. The summed E-state index contributed by atoms with van der Waals surface area (Å²) in [6.07, 6.45) is -2.80. The molecule has 0 spiro atoms. The van der Waals surface area contributed by atoms with Gasteiger partial charge in [0.15, 0.2) is 0 Å². The normalized spacial score (nSPS) is 11.7. The van der Waals surface area contributed by atoms with Gasteiger partial charge in [0.1, 0.15) is 12.3 Å². The van der Waals surface area contributed by atoms with E-state index in [1.54, 1.807) is 31.2 Å². The van der Waals surface area contributed by atoms with Crippen LogP contribution in [0.1, 0.15) is 12.5 Å². The van der Waals surface area contributed by atoms with Gasteiger partial charge in [-0.1, -0.05) is 11.6 Å². The predicted molar refractivity (Wildman–Crippen MR) is 135 cm³/mol. The third kappa shape index (κ3) is 6.65. The van der Waals surface area contributed by atoms with E-state index >= 15 is 0 Å². The smallest absolute Gasteiger partial charge is 0.416 e. The number of halogens is 4. The number of nitrogens with one attached hydrogen (secondary N) is 1. The monoisotopic (exact) mass is 558 g/mol. The Labute approximate surface area is 216 Å². The van der Waals surface area contributed by atoms with E-state index < -0.39 is 34.2 Å². The van der Waals surface area contributed by atoms with Gasteiger partial charge in [0.25, 0.3) is 10.0 Å². The Balaban J connectivity index is 1.96. The first kappa shape index (κ1) is 27.7. The number of alkyl halides is 3. The van der Waals surface area contributed by atoms with Crippen LogP contribution in [0.5, 0.6) is 5.75 Å². The second kappa shape index (κ2) is 11.4. The van der Waals surface area contributed by atoms with E-state index in [0.717, 1.165) is 21.3 Å². The van der Waals surface area contributed by atoms with E-state index in [0.29, 0.717) is 18.4 Å². The van der Waals surface area contributed by atoms with Crippen LogP contribution < -0.4 is 14.4 Å². The molecule has 3 rings (SSSR count). The van der Waals surface area contributed by atoms with Gasteiger partial charge in [-0.15, -0.1) is 11.8 Å². The summed E-state index contributed by atoms with van der Waals surface area (Å²) in [5.41, 5.74) is -1.13. The molecule has 0 fully saturated rings. The van der Waals surface area contributed by atoms with E-state index in [-0.39, 0.29) is 21.3 Å². The lowest BCUT2D eigenvalue weighted by molar-refractivity contribution is -0.137. The Bertz CT molecular complexity index is 1320. The second-order valence-electron chi connectivity index (χ2n) is 7.35. The molecule has 1 amide bonds. The minimum atomic E-state index is -4.65. The fraction of sp³-hybridized carbons (Fsp3) is 0.208. The number of rotatable bonds is 9.